The molecule has 2 amide bonds. The van der Waals surface area contributed by atoms with Crippen molar-refractivity contribution < 1.29 is 14.1 Å². The number of carbonyl (C=O) groups is 2. The normalized spacial score (nSPS) is 14.9. The van der Waals surface area contributed by atoms with Gasteiger partial charge in [0, 0.05) is 18.0 Å². The van der Waals surface area contributed by atoms with E-state index >= 15 is 0 Å². The number of hydrogen-bond donors (Lipinski definition) is 2. The van der Waals surface area contributed by atoms with Gasteiger partial charge < -0.3 is 15.6 Å². The van der Waals surface area contributed by atoms with Crippen molar-refractivity contribution in [3.63, 3.8) is 0 Å². The van der Waals surface area contributed by atoms with Crippen molar-refractivity contribution in [3.05, 3.63) is 58.9 Å². The summed E-state index contributed by atoms with van der Waals surface area (Å²) in [7, 11) is 0. The second-order valence-corrected chi connectivity index (χ2v) is 6.94. The third kappa shape index (κ3) is 3.53. The molecule has 0 bridgehead atoms. The van der Waals surface area contributed by atoms with Gasteiger partial charge in [0.1, 0.15) is 6.04 Å². The van der Waals surface area contributed by atoms with Crippen LogP contribution in [0.5, 0.6) is 0 Å². The summed E-state index contributed by atoms with van der Waals surface area (Å²) in [6, 6.07) is 10.4. The number of primary amides is 1. The molecule has 7 heteroatoms. The van der Waals surface area contributed by atoms with E-state index in [1.165, 1.54) is 0 Å². The fourth-order valence-corrected chi connectivity index (χ4v) is 3.19. The molecule has 1 aliphatic carbocycles. The maximum Gasteiger partial charge on any atom is 0.259 e. The molecule has 3 N–H and O–H groups in total. The Labute approximate surface area is 155 Å². The minimum absolute atomic E-state index is 0.328. The molecule has 27 heavy (non-hydrogen) atoms. The van der Waals surface area contributed by atoms with Gasteiger partial charge >= 0.3 is 0 Å². The summed E-state index contributed by atoms with van der Waals surface area (Å²) in [6.07, 6.45) is 2.42. The van der Waals surface area contributed by atoms with Crippen molar-refractivity contribution in [1.29, 1.82) is 0 Å². The average Bonchev–Trinajstić information content (AvgIpc) is 3.45. The highest BCUT2D eigenvalue weighted by molar-refractivity contribution is 6.07. The molecule has 3 aromatic rings. The molecule has 0 spiro atoms. The molecule has 138 valence electrons. The Morgan fingerprint density at radius 3 is 2.70 bits per heavy atom. The monoisotopic (exact) mass is 364 g/mol. The van der Waals surface area contributed by atoms with E-state index < -0.39 is 11.9 Å². The predicted octanol–water partition coefficient (Wildman–Crippen LogP) is 2.24. The topological polar surface area (TPSA) is 111 Å². The smallest absolute Gasteiger partial charge is 0.259 e. The molecule has 4 rings (SSSR count). The Hall–Kier alpha value is -3.22. The Morgan fingerprint density at radius 1 is 1.30 bits per heavy atom. The molecule has 1 aliphatic rings. The highest BCUT2D eigenvalue weighted by Gasteiger charge is 2.29. The van der Waals surface area contributed by atoms with Gasteiger partial charge in [0.2, 0.25) is 5.91 Å². The third-order valence-corrected chi connectivity index (χ3v) is 4.81. The van der Waals surface area contributed by atoms with Gasteiger partial charge in [-0.05, 0) is 31.4 Å². The number of carbonyl (C=O) groups excluding carboxylic acids is 2. The number of nitrogens with two attached hydrogens (primary N) is 1. The Balaban J connectivity index is 1.65. The molecule has 0 saturated heterocycles. The Morgan fingerprint density at radius 2 is 2.04 bits per heavy atom. The van der Waals surface area contributed by atoms with Crippen LogP contribution in [0.25, 0.3) is 11.1 Å². The van der Waals surface area contributed by atoms with E-state index in [4.69, 9.17) is 10.3 Å². The molecule has 1 fully saturated rings. The van der Waals surface area contributed by atoms with E-state index in [0.717, 1.165) is 24.1 Å². The van der Waals surface area contributed by atoms with Crippen LogP contribution in [-0.4, -0.2) is 28.0 Å². The number of amides is 2. The van der Waals surface area contributed by atoms with Gasteiger partial charge in [0.25, 0.3) is 11.6 Å². The fraction of sp³-hybridized carbons (Fsp3) is 0.300. The molecule has 7 nitrogen and oxygen atoms in total. The van der Waals surface area contributed by atoms with Crippen molar-refractivity contribution >= 4 is 22.9 Å². The van der Waals surface area contributed by atoms with Crippen LogP contribution in [-0.2, 0) is 11.2 Å². The molecule has 0 radical (unpaired) electrons. The van der Waals surface area contributed by atoms with Crippen LogP contribution < -0.4 is 11.1 Å². The lowest BCUT2D eigenvalue weighted by atomic mass is 10.0. The first-order valence-electron chi connectivity index (χ1n) is 8.94. The SMILES string of the molecule is Cc1noc2nc(C3CC3)cc(C(=O)N[C@@H](Cc3ccccc3)C(N)=O)c12. The van der Waals surface area contributed by atoms with E-state index in [2.05, 4.69) is 15.5 Å². The molecule has 1 atom stereocenters. The predicted molar refractivity (Wildman–Crippen MR) is 99.1 cm³/mol. The van der Waals surface area contributed by atoms with Gasteiger partial charge in [-0.3, -0.25) is 9.59 Å². The number of aromatic nitrogens is 2. The maximum atomic E-state index is 13.0. The highest BCUT2D eigenvalue weighted by Crippen LogP contribution is 2.40. The van der Waals surface area contributed by atoms with Crippen molar-refractivity contribution in [2.24, 2.45) is 5.73 Å². The zero-order valence-corrected chi connectivity index (χ0v) is 14.9. The quantitative estimate of drug-likeness (QED) is 0.697. The molecular weight excluding hydrogens is 344 g/mol. The van der Waals surface area contributed by atoms with Crippen LogP contribution >= 0.6 is 0 Å². The second kappa shape index (κ2) is 6.83. The lowest BCUT2D eigenvalue weighted by Crippen LogP contribution is -2.46. The lowest BCUT2D eigenvalue weighted by Gasteiger charge is -2.16. The maximum absolute atomic E-state index is 13.0. The highest BCUT2D eigenvalue weighted by atomic mass is 16.5. The molecule has 0 aliphatic heterocycles. The summed E-state index contributed by atoms with van der Waals surface area (Å²) in [6.45, 7) is 1.76. The summed E-state index contributed by atoms with van der Waals surface area (Å²) in [4.78, 5) is 29.4. The van der Waals surface area contributed by atoms with E-state index in [9.17, 15) is 9.59 Å². The summed E-state index contributed by atoms with van der Waals surface area (Å²) in [5, 5.41) is 7.27. The average molecular weight is 364 g/mol. The first kappa shape index (κ1) is 17.2. The van der Waals surface area contributed by atoms with Gasteiger partial charge in [-0.25, -0.2) is 4.98 Å². The zero-order valence-electron chi connectivity index (χ0n) is 14.9. The van der Waals surface area contributed by atoms with Crippen LogP contribution in [0.3, 0.4) is 0 Å². The molecular formula is C20H20N4O3. The zero-order chi connectivity index (χ0) is 19.0. The van der Waals surface area contributed by atoms with Gasteiger partial charge in [0.15, 0.2) is 0 Å². The first-order valence-corrected chi connectivity index (χ1v) is 8.94. The minimum Gasteiger partial charge on any atom is -0.368 e. The number of hydrogen-bond acceptors (Lipinski definition) is 5. The molecule has 1 aromatic carbocycles. The van der Waals surface area contributed by atoms with Gasteiger partial charge in [-0.15, -0.1) is 0 Å². The van der Waals surface area contributed by atoms with E-state index in [1.54, 1.807) is 13.0 Å². The third-order valence-electron chi connectivity index (χ3n) is 4.81. The number of benzene rings is 1. The second-order valence-electron chi connectivity index (χ2n) is 6.94. The van der Waals surface area contributed by atoms with Crippen LogP contribution in [0.2, 0.25) is 0 Å². The molecule has 1 saturated carbocycles. The van der Waals surface area contributed by atoms with Gasteiger partial charge in [-0.1, -0.05) is 35.5 Å². The van der Waals surface area contributed by atoms with Crippen LogP contribution in [0.15, 0.2) is 40.9 Å². The summed E-state index contributed by atoms with van der Waals surface area (Å²) < 4.78 is 5.27. The number of nitrogens with one attached hydrogen (secondary N) is 1. The number of rotatable bonds is 6. The van der Waals surface area contributed by atoms with E-state index in [-0.39, 0.29) is 5.91 Å². The van der Waals surface area contributed by atoms with Crippen LogP contribution in [0.4, 0.5) is 0 Å². The molecule has 2 aromatic heterocycles. The minimum atomic E-state index is -0.812. The van der Waals surface area contributed by atoms with Crippen LogP contribution in [0.1, 0.15) is 46.1 Å². The largest absolute Gasteiger partial charge is 0.368 e. The van der Waals surface area contributed by atoms with Crippen molar-refractivity contribution in [2.75, 3.05) is 0 Å². The number of nitrogens with zero attached hydrogens (tertiary/aromatic N) is 2. The Bertz CT molecular complexity index is 1010. The summed E-state index contributed by atoms with van der Waals surface area (Å²) in [5.41, 5.74) is 8.62. The van der Waals surface area contributed by atoms with Gasteiger partial charge in [0.05, 0.1) is 16.6 Å². The number of pyridine rings is 1. The number of fused-ring (bicyclic) bond motifs is 1. The van der Waals surface area contributed by atoms with Crippen molar-refractivity contribution in [3.8, 4) is 0 Å². The van der Waals surface area contributed by atoms with E-state index in [1.807, 2.05) is 30.3 Å². The first-order chi connectivity index (χ1) is 13.0. The van der Waals surface area contributed by atoms with Crippen LogP contribution in [0, 0.1) is 6.92 Å². The standard InChI is InChI=1S/C20H20N4O3/c1-11-17-14(10-15(13-7-8-13)23-20(17)27-24-11)19(26)22-16(18(21)25)9-12-5-3-2-4-6-12/h2-6,10,13,16H,7-9H2,1H3,(H2,21,25)(H,22,26)/t16-/m0/s1. The fourth-order valence-electron chi connectivity index (χ4n) is 3.19. The Kier molecular flexibility index (Phi) is 4.35. The van der Waals surface area contributed by atoms with Crippen molar-refractivity contribution in [2.45, 2.75) is 38.1 Å². The number of aryl methyl sites for hydroxylation is 1. The molecule has 0 unspecified atom stereocenters. The lowest BCUT2D eigenvalue weighted by molar-refractivity contribution is -0.119. The summed E-state index contributed by atoms with van der Waals surface area (Å²) >= 11 is 0. The van der Waals surface area contributed by atoms with Crippen molar-refractivity contribution in [1.82, 2.24) is 15.5 Å². The van der Waals surface area contributed by atoms with Gasteiger partial charge in [-0.2, -0.15) is 0 Å². The van der Waals surface area contributed by atoms with E-state index in [0.29, 0.717) is 34.7 Å². The molecule has 2 heterocycles. The summed E-state index contributed by atoms with van der Waals surface area (Å²) in [5.74, 6) is -0.611.